The van der Waals surface area contributed by atoms with E-state index in [-0.39, 0.29) is 11.8 Å². The van der Waals surface area contributed by atoms with E-state index in [1.54, 1.807) is 0 Å². The molecule has 6 heteroatoms. The zero-order chi connectivity index (χ0) is 13.4. The van der Waals surface area contributed by atoms with Crippen molar-refractivity contribution in [1.29, 1.82) is 0 Å². The normalized spacial score (nSPS) is 23.6. The molecule has 0 aliphatic heterocycles. The molecule has 0 spiro atoms. The Labute approximate surface area is 110 Å². The molecule has 2 atom stereocenters. The maximum Gasteiger partial charge on any atom is 0.306 e. The number of aromatic amines is 1. The lowest BCUT2D eigenvalue weighted by molar-refractivity contribution is -0.143. The highest BCUT2D eigenvalue weighted by Crippen LogP contribution is 2.35. The standard InChI is InChI=1S/C13H16N4O2/c1-7-12-11(16-14-7)6-10(15-17-12)8-3-2-4-9(5-8)13(18)19/h6,8-9H,2-5H2,1H3,(H,14,16)(H,18,19). The van der Waals surface area contributed by atoms with Crippen LogP contribution in [0.4, 0.5) is 0 Å². The van der Waals surface area contributed by atoms with Gasteiger partial charge in [0.05, 0.1) is 22.8 Å². The molecule has 2 unspecified atom stereocenters. The summed E-state index contributed by atoms with van der Waals surface area (Å²) < 4.78 is 0. The molecule has 2 aromatic rings. The molecule has 100 valence electrons. The van der Waals surface area contributed by atoms with E-state index in [1.807, 2.05) is 13.0 Å². The van der Waals surface area contributed by atoms with Crippen molar-refractivity contribution in [3.8, 4) is 0 Å². The molecule has 19 heavy (non-hydrogen) atoms. The summed E-state index contributed by atoms with van der Waals surface area (Å²) in [5.74, 6) is -0.758. The van der Waals surface area contributed by atoms with Crippen LogP contribution in [-0.2, 0) is 4.79 Å². The second kappa shape index (κ2) is 4.60. The smallest absolute Gasteiger partial charge is 0.306 e. The lowest BCUT2D eigenvalue weighted by Crippen LogP contribution is -2.22. The lowest BCUT2D eigenvalue weighted by atomic mass is 9.80. The highest BCUT2D eigenvalue weighted by Gasteiger charge is 2.29. The summed E-state index contributed by atoms with van der Waals surface area (Å²) in [6.07, 6.45) is 3.34. The predicted octanol–water partition coefficient (Wildman–Crippen LogP) is 2.02. The van der Waals surface area contributed by atoms with E-state index in [0.29, 0.717) is 6.42 Å². The number of fused-ring (bicyclic) bond motifs is 1. The Morgan fingerprint density at radius 2 is 2.26 bits per heavy atom. The van der Waals surface area contributed by atoms with Gasteiger partial charge in [0.2, 0.25) is 0 Å². The number of H-pyrrole nitrogens is 1. The summed E-state index contributed by atoms with van der Waals surface area (Å²) in [6.45, 7) is 1.88. The third-order valence-corrected chi connectivity index (χ3v) is 3.94. The highest BCUT2D eigenvalue weighted by atomic mass is 16.4. The van der Waals surface area contributed by atoms with E-state index in [0.717, 1.165) is 41.7 Å². The predicted molar refractivity (Wildman–Crippen MR) is 68.8 cm³/mol. The first-order valence-corrected chi connectivity index (χ1v) is 6.56. The van der Waals surface area contributed by atoms with Crippen LogP contribution in [0.15, 0.2) is 6.07 Å². The van der Waals surface area contributed by atoms with Gasteiger partial charge in [0.1, 0.15) is 5.52 Å². The summed E-state index contributed by atoms with van der Waals surface area (Å²) in [7, 11) is 0. The number of hydrogen-bond acceptors (Lipinski definition) is 4. The van der Waals surface area contributed by atoms with Gasteiger partial charge in [0.25, 0.3) is 0 Å². The Morgan fingerprint density at radius 1 is 1.42 bits per heavy atom. The van der Waals surface area contributed by atoms with Gasteiger partial charge in [-0.05, 0) is 32.3 Å². The molecule has 0 saturated heterocycles. The molecular formula is C13H16N4O2. The number of rotatable bonds is 2. The molecule has 0 radical (unpaired) electrons. The fraction of sp³-hybridized carbons (Fsp3) is 0.538. The summed E-state index contributed by atoms with van der Waals surface area (Å²) in [6, 6.07) is 1.96. The van der Waals surface area contributed by atoms with Crippen molar-refractivity contribution in [2.24, 2.45) is 5.92 Å². The number of nitrogens with one attached hydrogen (secondary N) is 1. The second-order valence-electron chi connectivity index (χ2n) is 5.24. The number of nitrogens with zero attached hydrogens (tertiary/aromatic N) is 3. The van der Waals surface area contributed by atoms with E-state index < -0.39 is 5.97 Å². The maximum absolute atomic E-state index is 11.1. The van der Waals surface area contributed by atoms with Crippen molar-refractivity contribution in [2.75, 3.05) is 0 Å². The minimum absolute atomic E-state index is 0.190. The summed E-state index contributed by atoms with van der Waals surface area (Å²) in [5.41, 5.74) is 3.37. The lowest BCUT2D eigenvalue weighted by Gasteiger charge is -2.25. The van der Waals surface area contributed by atoms with Crippen LogP contribution >= 0.6 is 0 Å². The largest absolute Gasteiger partial charge is 0.481 e. The van der Waals surface area contributed by atoms with E-state index >= 15 is 0 Å². The molecule has 1 aliphatic carbocycles. The maximum atomic E-state index is 11.1. The second-order valence-corrected chi connectivity index (χ2v) is 5.24. The highest BCUT2D eigenvalue weighted by molar-refractivity contribution is 5.76. The van der Waals surface area contributed by atoms with Crippen molar-refractivity contribution in [3.05, 3.63) is 17.5 Å². The third-order valence-electron chi connectivity index (χ3n) is 3.94. The Kier molecular flexibility index (Phi) is 2.93. The minimum atomic E-state index is -0.698. The number of aryl methyl sites for hydroxylation is 1. The molecule has 1 aliphatic rings. The Hall–Kier alpha value is -1.98. The minimum Gasteiger partial charge on any atom is -0.481 e. The molecule has 2 heterocycles. The summed E-state index contributed by atoms with van der Waals surface area (Å²) >= 11 is 0. The number of hydrogen-bond donors (Lipinski definition) is 2. The van der Waals surface area contributed by atoms with Crippen LogP contribution in [0.2, 0.25) is 0 Å². The van der Waals surface area contributed by atoms with Crippen molar-refractivity contribution in [3.63, 3.8) is 0 Å². The molecule has 1 saturated carbocycles. The summed E-state index contributed by atoms with van der Waals surface area (Å²) in [4.78, 5) is 11.1. The van der Waals surface area contributed by atoms with Gasteiger partial charge >= 0.3 is 5.97 Å². The van der Waals surface area contributed by atoms with Crippen LogP contribution in [0, 0.1) is 12.8 Å². The number of aliphatic carboxylic acids is 1. The van der Waals surface area contributed by atoms with Gasteiger partial charge < -0.3 is 5.11 Å². The van der Waals surface area contributed by atoms with Crippen molar-refractivity contribution < 1.29 is 9.90 Å². The monoisotopic (exact) mass is 260 g/mol. The van der Waals surface area contributed by atoms with Crippen molar-refractivity contribution in [2.45, 2.75) is 38.5 Å². The van der Waals surface area contributed by atoms with Crippen LogP contribution in [0.1, 0.15) is 43.0 Å². The van der Waals surface area contributed by atoms with Gasteiger partial charge in [-0.3, -0.25) is 9.89 Å². The quantitative estimate of drug-likeness (QED) is 0.861. The molecule has 0 bridgehead atoms. The SMILES string of the molecule is Cc1n[nH]c2cc(C3CCCC(C(=O)O)C3)nnc12. The Balaban J connectivity index is 1.89. The van der Waals surface area contributed by atoms with E-state index in [2.05, 4.69) is 20.4 Å². The van der Waals surface area contributed by atoms with Crippen LogP contribution in [-0.4, -0.2) is 31.5 Å². The third kappa shape index (κ3) is 2.18. The average Bonchev–Trinajstić information content (AvgIpc) is 2.80. The number of carboxylic acid groups (broad SMARTS) is 1. The molecule has 0 aromatic carbocycles. The Morgan fingerprint density at radius 3 is 3.05 bits per heavy atom. The molecule has 6 nitrogen and oxygen atoms in total. The van der Waals surface area contributed by atoms with Gasteiger partial charge in [0.15, 0.2) is 0 Å². The van der Waals surface area contributed by atoms with Gasteiger partial charge in [-0.2, -0.15) is 10.2 Å². The topological polar surface area (TPSA) is 91.8 Å². The van der Waals surface area contributed by atoms with E-state index in [9.17, 15) is 4.79 Å². The van der Waals surface area contributed by atoms with Crippen LogP contribution < -0.4 is 0 Å². The van der Waals surface area contributed by atoms with Crippen molar-refractivity contribution in [1.82, 2.24) is 20.4 Å². The van der Waals surface area contributed by atoms with Crippen LogP contribution in [0.25, 0.3) is 11.0 Å². The number of carbonyl (C=O) groups is 1. The molecular weight excluding hydrogens is 244 g/mol. The van der Waals surface area contributed by atoms with E-state index in [4.69, 9.17) is 5.11 Å². The Bertz CT molecular complexity index is 622. The number of carboxylic acids is 1. The van der Waals surface area contributed by atoms with Gasteiger partial charge in [-0.25, -0.2) is 0 Å². The molecule has 3 rings (SSSR count). The van der Waals surface area contributed by atoms with Crippen molar-refractivity contribution >= 4 is 17.0 Å². The zero-order valence-corrected chi connectivity index (χ0v) is 10.8. The zero-order valence-electron chi connectivity index (χ0n) is 10.8. The first-order valence-electron chi connectivity index (χ1n) is 6.56. The van der Waals surface area contributed by atoms with Gasteiger partial charge in [-0.15, -0.1) is 5.10 Å². The average molecular weight is 260 g/mol. The molecule has 2 N–H and O–H groups in total. The van der Waals surface area contributed by atoms with E-state index in [1.165, 1.54) is 0 Å². The summed E-state index contributed by atoms with van der Waals surface area (Å²) in [5, 5.41) is 24.6. The fourth-order valence-corrected chi connectivity index (χ4v) is 2.84. The van der Waals surface area contributed by atoms with Gasteiger partial charge in [0, 0.05) is 5.92 Å². The first-order chi connectivity index (χ1) is 9.15. The fourth-order valence-electron chi connectivity index (χ4n) is 2.84. The van der Waals surface area contributed by atoms with Crippen LogP contribution in [0.5, 0.6) is 0 Å². The number of aromatic nitrogens is 4. The molecule has 0 amide bonds. The van der Waals surface area contributed by atoms with Gasteiger partial charge in [-0.1, -0.05) is 6.42 Å². The van der Waals surface area contributed by atoms with Crippen LogP contribution in [0.3, 0.4) is 0 Å². The first kappa shape index (κ1) is 12.1. The molecule has 2 aromatic heterocycles. The molecule has 1 fully saturated rings.